The minimum atomic E-state index is 0.161. The molecular weight excluding hydrogens is 310 g/mol. The van der Waals surface area contributed by atoms with Crippen LogP contribution in [0.25, 0.3) is 0 Å². The monoisotopic (exact) mass is 335 g/mol. The van der Waals surface area contributed by atoms with E-state index in [2.05, 4.69) is 4.90 Å². The molecular formula is C17H25N3O2S. The van der Waals surface area contributed by atoms with Crippen LogP contribution in [0, 0.1) is 5.92 Å². The van der Waals surface area contributed by atoms with E-state index >= 15 is 0 Å². The Balaban J connectivity index is 1.35. The second-order valence-electron chi connectivity index (χ2n) is 6.84. The number of likely N-dealkylation sites (tertiary alicyclic amines) is 1. The number of rotatable bonds is 3. The van der Waals surface area contributed by atoms with E-state index in [1.807, 2.05) is 16.2 Å². The molecule has 1 amide bonds. The third-order valence-electron chi connectivity index (χ3n) is 5.18. The topological polar surface area (TPSA) is 45.7 Å². The second kappa shape index (κ2) is 6.87. The van der Waals surface area contributed by atoms with Gasteiger partial charge >= 0.3 is 0 Å². The minimum Gasteiger partial charge on any atom is -0.378 e. The van der Waals surface area contributed by atoms with Crippen molar-refractivity contribution >= 4 is 17.2 Å². The Morgan fingerprint density at radius 3 is 2.91 bits per heavy atom. The summed E-state index contributed by atoms with van der Waals surface area (Å²) in [5.41, 5.74) is 1.34. The number of morpholine rings is 1. The van der Waals surface area contributed by atoms with Crippen LogP contribution in [0.5, 0.6) is 0 Å². The zero-order valence-corrected chi connectivity index (χ0v) is 14.4. The largest absolute Gasteiger partial charge is 0.378 e. The van der Waals surface area contributed by atoms with E-state index in [0.29, 0.717) is 19.1 Å². The van der Waals surface area contributed by atoms with Crippen LogP contribution in [0.15, 0.2) is 0 Å². The molecule has 5 nitrogen and oxygen atoms in total. The molecule has 2 fully saturated rings. The molecule has 1 atom stereocenters. The van der Waals surface area contributed by atoms with Crippen molar-refractivity contribution in [3.63, 3.8) is 0 Å². The van der Waals surface area contributed by atoms with Gasteiger partial charge in [-0.15, -0.1) is 11.3 Å². The lowest BCUT2D eigenvalue weighted by molar-refractivity contribution is -0.141. The average molecular weight is 335 g/mol. The lowest BCUT2D eigenvalue weighted by Crippen LogP contribution is -2.48. The molecule has 0 N–H and O–H groups in total. The molecule has 1 aromatic rings. The van der Waals surface area contributed by atoms with Gasteiger partial charge in [0.15, 0.2) is 0 Å². The van der Waals surface area contributed by atoms with Crippen molar-refractivity contribution < 1.29 is 9.53 Å². The maximum atomic E-state index is 12.7. The number of nitrogens with zero attached hydrogens (tertiary/aromatic N) is 3. The summed E-state index contributed by atoms with van der Waals surface area (Å²) in [5.74, 6) is 0.494. The minimum absolute atomic E-state index is 0.161. The maximum absolute atomic E-state index is 12.7. The van der Waals surface area contributed by atoms with Gasteiger partial charge in [-0.3, -0.25) is 9.69 Å². The number of ether oxygens (including phenoxy) is 1. The van der Waals surface area contributed by atoms with E-state index in [9.17, 15) is 4.79 Å². The molecule has 3 aliphatic rings. The van der Waals surface area contributed by atoms with Crippen molar-refractivity contribution in [2.24, 2.45) is 5.92 Å². The average Bonchev–Trinajstić information content (AvgIpc) is 3.17. The first kappa shape index (κ1) is 15.5. The number of aryl methyl sites for hydroxylation is 2. The van der Waals surface area contributed by atoms with Crippen LogP contribution < -0.4 is 0 Å². The Kier molecular flexibility index (Phi) is 4.64. The Hall–Kier alpha value is -0.980. The summed E-state index contributed by atoms with van der Waals surface area (Å²) >= 11 is 1.89. The van der Waals surface area contributed by atoms with Gasteiger partial charge in [-0.25, -0.2) is 4.98 Å². The highest BCUT2D eigenvalue weighted by atomic mass is 32.1. The van der Waals surface area contributed by atoms with Gasteiger partial charge in [-0.2, -0.15) is 0 Å². The summed E-state index contributed by atoms with van der Waals surface area (Å²) < 4.78 is 5.36. The molecule has 1 aliphatic carbocycles. The molecule has 0 bridgehead atoms. The standard InChI is InChI=1S/C17H25N3O2S/c21-17(20-7-9-22-10-8-20)13-3-2-6-19(11-13)12-16-18-14-4-1-5-15(14)23-16/h13H,1-12H2. The maximum Gasteiger partial charge on any atom is 0.227 e. The first-order chi connectivity index (χ1) is 11.3. The molecule has 0 radical (unpaired) electrons. The third-order valence-corrected chi connectivity index (χ3v) is 6.32. The van der Waals surface area contributed by atoms with Crippen LogP contribution in [-0.4, -0.2) is 60.1 Å². The molecule has 23 heavy (non-hydrogen) atoms. The first-order valence-corrected chi connectivity index (χ1v) is 9.67. The quantitative estimate of drug-likeness (QED) is 0.843. The summed E-state index contributed by atoms with van der Waals surface area (Å²) in [5, 5.41) is 1.24. The smallest absolute Gasteiger partial charge is 0.227 e. The Morgan fingerprint density at radius 1 is 1.22 bits per heavy atom. The molecule has 2 saturated heterocycles. The van der Waals surface area contributed by atoms with Gasteiger partial charge in [0.1, 0.15) is 5.01 Å². The van der Waals surface area contributed by atoms with Crippen LogP contribution in [-0.2, 0) is 28.9 Å². The molecule has 2 aliphatic heterocycles. The van der Waals surface area contributed by atoms with Crippen molar-refractivity contribution in [2.75, 3.05) is 39.4 Å². The number of thiazole rings is 1. The van der Waals surface area contributed by atoms with Gasteiger partial charge in [0, 0.05) is 24.5 Å². The molecule has 0 aromatic carbocycles. The summed E-state index contributed by atoms with van der Waals surface area (Å²) in [6.45, 7) is 5.80. The second-order valence-corrected chi connectivity index (χ2v) is 8.01. The highest BCUT2D eigenvalue weighted by Crippen LogP contribution is 2.29. The number of piperidine rings is 1. The summed E-state index contributed by atoms with van der Waals surface area (Å²) in [4.78, 5) is 23.4. The molecule has 4 rings (SSSR count). The number of fused-ring (bicyclic) bond motifs is 1. The molecule has 6 heteroatoms. The van der Waals surface area contributed by atoms with Crippen LogP contribution in [0.4, 0.5) is 0 Å². The van der Waals surface area contributed by atoms with E-state index in [4.69, 9.17) is 9.72 Å². The highest BCUT2D eigenvalue weighted by molar-refractivity contribution is 7.11. The molecule has 3 heterocycles. The van der Waals surface area contributed by atoms with E-state index < -0.39 is 0 Å². The summed E-state index contributed by atoms with van der Waals surface area (Å²) in [7, 11) is 0. The number of hydrogen-bond donors (Lipinski definition) is 0. The number of hydrogen-bond acceptors (Lipinski definition) is 5. The van der Waals surface area contributed by atoms with E-state index in [1.54, 1.807) is 0 Å². The van der Waals surface area contributed by atoms with Gasteiger partial charge in [0.05, 0.1) is 31.4 Å². The molecule has 0 spiro atoms. The van der Waals surface area contributed by atoms with E-state index in [-0.39, 0.29) is 5.92 Å². The van der Waals surface area contributed by atoms with Crippen molar-refractivity contribution in [1.29, 1.82) is 0 Å². The fourth-order valence-electron chi connectivity index (χ4n) is 3.95. The van der Waals surface area contributed by atoms with Gasteiger partial charge in [0.2, 0.25) is 5.91 Å². The van der Waals surface area contributed by atoms with Crippen molar-refractivity contribution in [3.05, 3.63) is 15.6 Å². The third kappa shape index (κ3) is 3.44. The predicted molar refractivity (Wildman–Crippen MR) is 89.5 cm³/mol. The van der Waals surface area contributed by atoms with Gasteiger partial charge in [-0.1, -0.05) is 0 Å². The fourth-order valence-corrected chi connectivity index (χ4v) is 5.14. The van der Waals surface area contributed by atoms with Gasteiger partial charge in [0.25, 0.3) is 0 Å². The lowest BCUT2D eigenvalue weighted by atomic mass is 9.96. The fraction of sp³-hybridized carbons (Fsp3) is 0.765. The molecule has 0 saturated carbocycles. The number of aromatic nitrogens is 1. The zero-order chi connectivity index (χ0) is 15.6. The lowest BCUT2D eigenvalue weighted by Gasteiger charge is -2.35. The Bertz CT molecular complexity index is 547. The number of amides is 1. The zero-order valence-electron chi connectivity index (χ0n) is 13.6. The van der Waals surface area contributed by atoms with Crippen LogP contribution in [0.1, 0.15) is 34.8 Å². The normalized spacial score (nSPS) is 25.6. The molecule has 126 valence electrons. The summed E-state index contributed by atoms with van der Waals surface area (Å²) in [6.07, 6.45) is 5.79. The van der Waals surface area contributed by atoms with Crippen molar-refractivity contribution in [3.8, 4) is 0 Å². The Morgan fingerprint density at radius 2 is 2.09 bits per heavy atom. The molecule has 1 aromatic heterocycles. The van der Waals surface area contributed by atoms with E-state index in [1.165, 1.54) is 28.4 Å². The predicted octanol–water partition coefficient (Wildman–Crippen LogP) is 1.70. The number of carbonyl (C=O) groups excluding carboxylic acids is 1. The number of carbonyl (C=O) groups is 1. The highest BCUT2D eigenvalue weighted by Gasteiger charge is 2.30. The van der Waals surface area contributed by atoms with Crippen LogP contribution in [0.3, 0.4) is 0 Å². The van der Waals surface area contributed by atoms with E-state index in [0.717, 1.165) is 52.0 Å². The van der Waals surface area contributed by atoms with Crippen molar-refractivity contribution in [1.82, 2.24) is 14.8 Å². The SMILES string of the molecule is O=C(C1CCCN(Cc2nc3c(s2)CCC3)C1)N1CCOCC1. The molecule has 1 unspecified atom stereocenters. The Labute approximate surface area is 141 Å². The van der Waals surface area contributed by atoms with Crippen LogP contribution >= 0.6 is 11.3 Å². The van der Waals surface area contributed by atoms with Gasteiger partial charge in [-0.05, 0) is 38.6 Å². The van der Waals surface area contributed by atoms with Gasteiger partial charge < -0.3 is 9.64 Å². The first-order valence-electron chi connectivity index (χ1n) is 8.86. The van der Waals surface area contributed by atoms with Crippen molar-refractivity contribution in [2.45, 2.75) is 38.6 Å². The summed E-state index contributed by atoms with van der Waals surface area (Å²) in [6, 6.07) is 0. The van der Waals surface area contributed by atoms with Crippen LogP contribution in [0.2, 0.25) is 0 Å².